The van der Waals surface area contributed by atoms with Crippen LogP contribution in [0.1, 0.15) is 11.1 Å². The summed E-state index contributed by atoms with van der Waals surface area (Å²) in [6.45, 7) is 7.29. The second-order valence-corrected chi connectivity index (χ2v) is 5.46. The van der Waals surface area contributed by atoms with Gasteiger partial charge >= 0.3 is 0 Å². The molecular formula is C16H18N2O2. The van der Waals surface area contributed by atoms with Crippen LogP contribution in [0.2, 0.25) is 0 Å². The molecule has 1 fully saturated rings. The van der Waals surface area contributed by atoms with Crippen molar-refractivity contribution in [1.82, 2.24) is 10.2 Å². The molecular weight excluding hydrogens is 252 g/mol. The van der Waals surface area contributed by atoms with Crippen LogP contribution in [0, 0.1) is 6.92 Å². The summed E-state index contributed by atoms with van der Waals surface area (Å²) in [6, 6.07) is 4.09. The van der Waals surface area contributed by atoms with Gasteiger partial charge in [-0.1, -0.05) is 0 Å². The Bertz CT molecular complexity index is 699. The summed E-state index contributed by atoms with van der Waals surface area (Å²) in [5.74, 6) is 0. The monoisotopic (exact) mass is 270 g/mol. The molecule has 3 aromatic rings. The van der Waals surface area contributed by atoms with Crippen LogP contribution in [0.25, 0.3) is 21.9 Å². The van der Waals surface area contributed by atoms with Crippen LogP contribution in [0.3, 0.4) is 0 Å². The Morgan fingerprint density at radius 2 is 1.75 bits per heavy atom. The highest BCUT2D eigenvalue weighted by Gasteiger charge is 2.19. The molecule has 4 nitrogen and oxygen atoms in total. The molecule has 0 radical (unpaired) electrons. The molecule has 0 aliphatic carbocycles. The van der Waals surface area contributed by atoms with E-state index in [1.807, 2.05) is 6.07 Å². The molecule has 20 heavy (non-hydrogen) atoms. The smallest absolute Gasteiger partial charge is 0.139 e. The number of rotatable bonds is 2. The Balaban J connectivity index is 1.88. The molecule has 0 bridgehead atoms. The molecule has 3 heterocycles. The van der Waals surface area contributed by atoms with Crippen molar-refractivity contribution in [3.63, 3.8) is 0 Å². The lowest BCUT2D eigenvalue weighted by molar-refractivity contribution is 0.234. The van der Waals surface area contributed by atoms with Gasteiger partial charge in [0.15, 0.2) is 0 Å². The van der Waals surface area contributed by atoms with Gasteiger partial charge in [0.05, 0.1) is 12.5 Å². The summed E-state index contributed by atoms with van der Waals surface area (Å²) in [6.07, 6.45) is 3.55. The Labute approximate surface area is 117 Å². The average molecular weight is 270 g/mol. The zero-order valence-electron chi connectivity index (χ0n) is 11.6. The zero-order chi connectivity index (χ0) is 13.5. The Morgan fingerprint density at radius 1 is 1.05 bits per heavy atom. The summed E-state index contributed by atoms with van der Waals surface area (Å²) in [7, 11) is 0. The number of benzene rings is 1. The van der Waals surface area contributed by atoms with Gasteiger partial charge in [0.25, 0.3) is 0 Å². The maximum Gasteiger partial charge on any atom is 0.139 e. The third-order valence-electron chi connectivity index (χ3n) is 4.27. The lowest BCUT2D eigenvalue weighted by Gasteiger charge is -2.27. The van der Waals surface area contributed by atoms with Crippen molar-refractivity contribution in [2.75, 3.05) is 26.2 Å². The van der Waals surface area contributed by atoms with Crippen molar-refractivity contribution in [3.8, 4) is 0 Å². The van der Waals surface area contributed by atoms with Crippen LogP contribution in [-0.2, 0) is 6.54 Å². The van der Waals surface area contributed by atoms with E-state index in [4.69, 9.17) is 8.83 Å². The minimum atomic E-state index is 0.919. The van der Waals surface area contributed by atoms with Gasteiger partial charge in [-0.3, -0.25) is 4.90 Å². The number of furan rings is 2. The van der Waals surface area contributed by atoms with E-state index in [2.05, 4.69) is 23.2 Å². The van der Waals surface area contributed by atoms with E-state index < -0.39 is 0 Å². The van der Waals surface area contributed by atoms with Crippen LogP contribution in [0.5, 0.6) is 0 Å². The van der Waals surface area contributed by atoms with Crippen molar-refractivity contribution < 1.29 is 8.83 Å². The van der Waals surface area contributed by atoms with Crippen molar-refractivity contribution in [3.05, 3.63) is 35.8 Å². The molecule has 0 spiro atoms. The highest BCUT2D eigenvalue weighted by molar-refractivity contribution is 6.01. The Hall–Kier alpha value is -1.78. The summed E-state index contributed by atoms with van der Waals surface area (Å²) in [5.41, 5.74) is 4.41. The largest absolute Gasteiger partial charge is 0.464 e. The molecule has 4 heteroatoms. The van der Waals surface area contributed by atoms with Gasteiger partial charge in [-0.05, 0) is 19.1 Å². The molecule has 4 rings (SSSR count). The van der Waals surface area contributed by atoms with Crippen LogP contribution in [0.4, 0.5) is 0 Å². The molecule has 0 unspecified atom stereocenters. The van der Waals surface area contributed by atoms with Gasteiger partial charge in [0.2, 0.25) is 0 Å². The van der Waals surface area contributed by atoms with E-state index >= 15 is 0 Å². The van der Waals surface area contributed by atoms with E-state index in [0.29, 0.717) is 0 Å². The van der Waals surface area contributed by atoms with Crippen LogP contribution >= 0.6 is 0 Å². The second kappa shape index (κ2) is 4.65. The first kappa shape index (κ1) is 12.0. The molecule has 1 aliphatic heterocycles. The number of hydrogen-bond acceptors (Lipinski definition) is 4. The quantitative estimate of drug-likeness (QED) is 0.777. The highest BCUT2D eigenvalue weighted by atomic mass is 16.3. The molecule has 1 aliphatic rings. The maximum atomic E-state index is 5.76. The van der Waals surface area contributed by atoms with Crippen molar-refractivity contribution >= 4 is 21.9 Å². The minimum Gasteiger partial charge on any atom is -0.464 e. The topological polar surface area (TPSA) is 41.6 Å². The lowest BCUT2D eigenvalue weighted by atomic mass is 10.0. The Kier molecular flexibility index (Phi) is 2.79. The average Bonchev–Trinajstić information content (AvgIpc) is 3.14. The fourth-order valence-corrected chi connectivity index (χ4v) is 3.17. The van der Waals surface area contributed by atoms with E-state index in [0.717, 1.165) is 54.8 Å². The van der Waals surface area contributed by atoms with Crippen LogP contribution in [-0.4, -0.2) is 31.1 Å². The second-order valence-electron chi connectivity index (χ2n) is 5.46. The molecule has 2 aromatic heterocycles. The number of nitrogens with one attached hydrogen (secondary N) is 1. The van der Waals surface area contributed by atoms with E-state index in [9.17, 15) is 0 Å². The number of aryl methyl sites for hydroxylation is 1. The van der Waals surface area contributed by atoms with Crippen LogP contribution < -0.4 is 5.32 Å². The van der Waals surface area contributed by atoms with E-state index in [1.54, 1.807) is 12.5 Å². The van der Waals surface area contributed by atoms with Crippen molar-refractivity contribution in [2.24, 2.45) is 0 Å². The number of hydrogen-bond donors (Lipinski definition) is 1. The van der Waals surface area contributed by atoms with Gasteiger partial charge in [-0.25, -0.2) is 0 Å². The standard InChI is InChI=1S/C16H18N2O2/c1-11-12-2-8-20-16(12)14(13-3-9-19-15(11)13)10-18-6-4-17-5-7-18/h2-3,8-9,17H,4-7,10H2,1H3. The summed E-state index contributed by atoms with van der Waals surface area (Å²) in [5, 5.41) is 5.74. The predicted octanol–water partition coefficient (Wildman–Crippen LogP) is 2.89. The number of fused-ring (bicyclic) bond motifs is 2. The first-order valence-electron chi connectivity index (χ1n) is 7.13. The number of nitrogens with zero attached hydrogens (tertiary/aromatic N) is 1. The maximum absolute atomic E-state index is 5.76. The normalized spacial score (nSPS) is 17.2. The predicted molar refractivity (Wildman–Crippen MR) is 78.9 cm³/mol. The molecule has 1 saturated heterocycles. The van der Waals surface area contributed by atoms with Gasteiger partial charge in [-0.2, -0.15) is 0 Å². The van der Waals surface area contributed by atoms with Gasteiger partial charge in [0, 0.05) is 54.6 Å². The van der Waals surface area contributed by atoms with Gasteiger partial charge in [0.1, 0.15) is 11.2 Å². The van der Waals surface area contributed by atoms with Crippen molar-refractivity contribution in [2.45, 2.75) is 13.5 Å². The first-order valence-corrected chi connectivity index (χ1v) is 7.13. The molecule has 1 aromatic carbocycles. The molecule has 0 atom stereocenters. The lowest BCUT2D eigenvalue weighted by Crippen LogP contribution is -2.42. The van der Waals surface area contributed by atoms with Crippen molar-refractivity contribution in [1.29, 1.82) is 0 Å². The summed E-state index contributed by atoms with van der Waals surface area (Å²) >= 11 is 0. The third-order valence-corrected chi connectivity index (χ3v) is 4.27. The molecule has 0 saturated carbocycles. The van der Waals surface area contributed by atoms with Crippen LogP contribution in [0.15, 0.2) is 33.5 Å². The highest BCUT2D eigenvalue weighted by Crippen LogP contribution is 2.34. The van der Waals surface area contributed by atoms with E-state index in [1.165, 1.54) is 10.9 Å². The fraction of sp³-hybridized carbons (Fsp3) is 0.375. The summed E-state index contributed by atoms with van der Waals surface area (Å²) < 4.78 is 11.4. The third kappa shape index (κ3) is 1.76. The first-order chi connectivity index (χ1) is 9.84. The SMILES string of the molecule is Cc1c2ccoc2c(CN2CCNCC2)c2ccoc12. The zero-order valence-corrected chi connectivity index (χ0v) is 11.6. The number of piperazine rings is 1. The van der Waals surface area contributed by atoms with Gasteiger partial charge < -0.3 is 14.2 Å². The molecule has 1 N–H and O–H groups in total. The molecule has 104 valence electrons. The fourth-order valence-electron chi connectivity index (χ4n) is 3.17. The Morgan fingerprint density at radius 3 is 2.55 bits per heavy atom. The minimum absolute atomic E-state index is 0.919. The molecule has 0 amide bonds. The van der Waals surface area contributed by atoms with Gasteiger partial charge in [-0.15, -0.1) is 0 Å². The summed E-state index contributed by atoms with van der Waals surface area (Å²) in [4.78, 5) is 2.47. The van der Waals surface area contributed by atoms with E-state index in [-0.39, 0.29) is 0 Å².